The van der Waals surface area contributed by atoms with Gasteiger partial charge in [-0.25, -0.2) is 0 Å². The van der Waals surface area contributed by atoms with Crippen molar-refractivity contribution in [3.05, 3.63) is 11.9 Å². The molecule has 0 saturated heterocycles. The van der Waals surface area contributed by atoms with Crippen molar-refractivity contribution in [3.63, 3.8) is 0 Å². The molecular weight excluding hydrogens is 461 g/mol. The van der Waals surface area contributed by atoms with Gasteiger partial charge in [0.2, 0.25) is 5.83 Å². The third-order valence-electron chi connectivity index (χ3n) is 2.37. The standard InChI is InChI=1S/C8BrF15/c9-8(23,24)7(21,22)6(19,20)5(17,18)4(15,16)3(13,14)1(10)2(11)12. The summed E-state index contributed by atoms with van der Waals surface area (Å²) in [6.07, 6.45) is -4.36. The summed E-state index contributed by atoms with van der Waals surface area (Å²) >= 11 is 0.465. The van der Waals surface area contributed by atoms with Crippen LogP contribution in [0.3, 0.4) is 0 Å². The number of hydrogen-bond acceptors (Lipinski definition) is 0. The van der Waals surface area contributed by atoms with Crippen molar-refractivity contribution < 1.29 is 65.9 Å². The monoisotopic (exact) mass is 460 g/mol. The van der Waals surface area contributed by atoms with Crippen LogP contribution in [0.5, 0.6) is 0 Å². The summed E-state index contributed by atoms with van der Waals surface area (Å²) in [5.74, 6) is -43.5. The Labute approximate surface area is 129 Å². The van der Waals surface area contributed by atoms with Gasteiger partial charge < -0.3 is 0 Å². The van der Waals surface area contributed by atoms with Gasteiger partial charge in [0.05, 0.1) is 0 Å². The molecule has 0 aliphatic rings. The van der Waals surface area contributed by atoms with Crippen molar-refractivity contribution in [2.45, 2.75) is 34.4 Å². The maximum absolute atomic E-state index is 12.9. The Morgan fingerprint density at radius 1 is 0.500 bits per heavy atom. The van der Waals surface area contributed by atoms with Crippen LogP contribution in [0, 0.1) is 0 Å². The van der Waals surface area contributed by atoms with Gasteiger partial charge in [-0.1, -0.05) is 0 Å². The van der Waals surface area contributed by atoms with Gasteiger partial charge in [-0.3, -0.25) is 0 Å². The molecule has 0 heterocycles. The molecule has 0 N–H and O–H groups in total. The van der Waals surface area contributed by atoms with Gasteiger partial charge in [0.15, 0.2) is 0 Å². The first-order chi connectivity index (χ1) is 10.1. The number of allylic oxidation sites excluding steroid dienone is 1. The molecule has 0 saturated carbocycles. The van der Waals surface area contributed by atoms with Crippen LogP contribution in [0.15, 0.2) is 11.9 Å². The van der Waals surface area contributed by atoms with E-state index in [4.69, 9.17) is 0 Å². The van der Waals surface area contributed by atoms with Crippen molar-refractivity contribution in [1.82, 2.24) is 0 Å². The van der Waals surface area contributed by atoms with Gasteiger partial charge in [-0.15, -0.1) is 0 Å². The second-order valence-corrected chi connectivity index (χ2v) is 4.94. The molecule has 0 spiro atoms. The molecule has 16 heteroatoms. The van der Waals surface area contributed by atoms with Gasteiger partial charge in [0.25, 0.3) is 0 Å². The predicted molar refractivity (Wildman–Crippen MR) is 49.0 cm³/mol. The van der Waals surface area contributed by atoms with Crippen LogP contribution >= 0.6 is 15.9 Å². The van der Waals surface area contributed by atoms with E-state index in [1.54, 1.807) is 0 Å². The Hall–Kier alpha value is -0.830. The average molecular weight is 461 g/mol. The summed E-state index contributed by atoms with van der Waals surface area (Å²) in [5.41, 5.74) is 0. The van der Waals surface area contributed by atoms with E-state index in [-0.39, 0.29) is 0 Å². The lowest BCUT2D eigenvalue weighted by molar-refractivity contribution is -0.412. The summed E-state index contributed by atoms with van der Waals surface area (Å²) < 4.78 is 187. The van der Waals surface area contributed by atoms with E-state index in [2.05, 4.69) is 0 Å². The van der Waals surface area contributed by atoms with Crippen LogP contribution in [0.25, 0.3) is 0 Å². The highest BCUT2D eigenvalue weighted by atomic mass is 79.9. The van der Waals surface area contributed by atoms with Crippen LogP contribution in [0.4, 0.5) is 65.9 Å². The fraction of sp³-hybridized carbons (Fsp3) is 0.750. The van der Waals surface area contributed by atoms with Crippen LogP contribution in [-0.2, 0) is 0 Å². The second kappa shape index (κ2) is 5.86. The van der Waals surface area contributed by atoms with Crippen molar-refractivity contribution in [3.8, 4) is 0 Å². The molecule has 0 atom stereocenters. The molecule has 144 valence electrons. The molecule has 0 fully saturated rings. The molecule has 24 heavy (non-hydrogen) atoms. The Kier molecular flexibility index (Phi) is 5.66. The van der Waals surface area contributed by atoms with Crippen molar-refractivity contribution in [1.29, 1.82) is 0 Å². The fourth-order valence-electron chi connectivity index (χ4n) is 1.03. The summed E-state index contributed by atoms with van der Waals surface area (Å²) in [4.78, 5) is -6.32. The number of rotatable bonds is 6. The van der Waals surface area contributed by atoms with E-state index < -0.39 is 46.4 Å². The number of halogens is 16. The first kappa shape index (κ1) is 23.2. The minimum atomic E-state index is -8.10. The van der Waals surface area contributed by atoms with Gasteiger partial charge in [-0.05, 0) is 15.9 Å². The average Bonchev–Trinajstić information content (AvgIpc) is 2.35. The molecule has 0 bridgehead atoms. The molecule has 0 aromatic rings. The molecule has 0 radical (unpaired) electrons. The molecule has 0 aliphatic carbocycles. The van der Waals surface area contributed by atoms with E-state index in [1.807, 2.05) is 0 Å². The van der Waals surface area contributed by atoms with E-state index in [0.29, 0.717) is 15.9 Å². The highest BCUT2D eigenvalue weighted by molar-refractivity contribution is 9.10. The fourth-order valence-corrected chi connectivity index (χ4v) is 1.28. The summed E-state index contributed by atoms with van der Waals surface area (Å²) in [6.45, 7) is 0. The molecule has 0 aliphatic heterocycles. The molecule has 0 amide bonds. The van der Waals surface area contributed by atoms with E-state index in [9.17, 15) is 65.9 Å². The molecule has 0 rings (SSSR count). The molecule has 0 unspecified atom stereocenters. The van der Waals surface area contributed by atoms with E-state index in [0.717, 1.165) is 0 Å². The Bertz CT molecular complexity index is 508. The zero-order valence-corrected chi connectivity index (χ0v) is 11.6. The summed E-state index contributed by atoms with van der Waals surface area (Å²) in [7, 11) is 0. The van der Waals surface area contributed by atoms with Gasteiger partial charge in [0.1, 0.15) is 0 Å². The van der Waals surface area contributed by atoms with Gasteiger partial charge in [0, 0.05) is 0 Å². The Morgan fingerprint density at radius 3 is 1.04 bits per heavy atom. The highest BCUT2D eigenvalue weighted by Crippen LogP contribution is 2.62. The lowest BCUT2D eigenvalue weighted by atomic mass is 9.94. The smallest absolute Gasteiger partial charge is 0.199 e. The highest BCUT2D eigenvalue weighted by Gasteiger charge is 2.90. The van der Waals surface area contributed by atoms with Crippen molar-refractivity contribution in [2.24, 2.45) is 0 Å². The molecule has 0 aromatic heterocycles. The normalized spacial score (nSPS) is 15.5. The maximum Gasteiger partial charge on any atom is 0.388 e. The quantitative estimate of drug-likeness (QED) is 0.325. The third-order valence-corrected chi connectivity index (χ3v) is 2.87. The SMILES string of the molecule is FC(F)=C(F)C(F)(F)C(F)(F)C(F)(F)C(F)(F)C(F)(F)C(F)(F)Br. The number of alkyl halides is 13. The van der Waals surface area contributed by atoms with Crippen molar-refractivity contribution in [2.75, 3.05) is 0 Å². The largest absolute Gasteiger partial charge is 0.388 e. The van der Waals surface area contributed by atoms with Crippen LogP contribution in [-0.4, -0.2) is 34.4 Å². The lowest BCUT2D eigenvalue weighted by Gasteiger charge is -2.39. The second-order valence-electron chi connectivity index (χ2n) is 3.94. The first-order valence-corrected chi connectivity index (χ1v) is 5.57. The Balaban J connectivity index is 6.47. The minimum Gasteiger partial charge on any atom is -0.199 e. The topological polar surface area (TPSA) is 0 Å². The minimum absolute atomic E-state index is 0.465. The predicted octanol–water partition coefficient (Wildman–Crippen LogP) is 6.23. The first-order valence-electron chi connectivity index (χ1n) is 4.77. The summed E-state index contributed by atoms with van der Waals surface area (Å²) in [6, 6.07) is 0. The third kappa shape index (κ3) is 2.94. The van der Waals surface area contributed by atoms with Gasteiger partial charge >= 0.3 is 40.5 Å². The van der Waals surface area contributed by atoms with Crippen molar-refractivity contribution >= 4 is 15.9 Å². The van der Waals surface area contributed by atoms with Gasteiger partial charge in [-0.2, -0.15) is 65.9 Å². The maximum atomic E-state index is 12.9. The van der Waals surface area contributed by atoms with Crippen LogP contribution in [0.2, 0.25) is 0 Å². The Morgan fingerprint density at radius 2 is 0.792 bits per heavy atom. The summed E-state index contributed by atoms with van der Waals surface area (Å²) in [5, 5.41) is 0. The zero-order valence-electron chi connectivity index (χ0n) is 10.0. The number of hydrogen-bond donors (Lipinski definition) is 0. The zero-order chi connectivity index (χ0) is 20.2. The van der Waals surface area contributed by atoms with E-state index >= 15 is 0 Å². The lowest BCUT2D eigenvalue weighted by Crippen LogP contribution is -2.70. The van der Waals surface area contributed by atoms with Crippen LogP contribution < -0.4 is 0 Å². The molecule has 0 nitrogen and oxygen atoms in total. The molecule has 0 aromatic carbocycles. The van der Waals surface area contributed by atoms with Crippen LogP contribution in [0.1, 0.15) is 0 Å². The molecular formula is C8BrF15. The van der Waals surface area contributed by atoms with E-state index in [1.165, 1.54) is 0 Å².